The van der Waals surface area contributed by atoms with Crippen LogP contribution in [0, 0.1) is 0 Å². The van der Waals surface area contributed by atoms with Crippen molar-refractivity contribution in [2.45, 2.75) is 39.2 Å². The van der Waals surface area contributed by atoms with E-state index in [9.17, 15) is 0 Å². The number of imidazole rings is 1. The zero-order valence-electron chi connectivity index (χ0n) is 12.1. The molecule has 0 saturated heterocycles. The van der Waals surface area contributed by atoms with E-state index in [1.165, 1.54) is 5.01 Å². The van der Waals surface area contributed by atoms with Gasteiger partial charge < -0.3 is 9.88 Å². The molecule has 0 atom stereocenters. The van der Waals surface area contributed by atoms with Gasteiger partial charge in [-0.2, -0.15) is 0 Å². The van der Waals surface area contributed by atoms with Crippen molar-refractivity contribution in [3.8, 4) is 0 Å². The molecule has 0 fully saturated rings. The lowest BCUT2D eigenvalue weighted by Crippen LogP contribution is -2.18. The topological polar surface area (TPSA) is 42.7 Å². The van der Waals surface area contributed by atoms with Crippen molar-refractivity contribution in [3.63, 3.8) is 0 Å². The molecule has 0 aliphatic carbocycles. The average Bonchev–Trinajstić information content (AvgIpc) is 2.93. The molecule has 19 heavy (non-hydrogen) atoms. The number of nitrogens with one attached hydrogen (secondary N) is 1. The van der Waals surface area contributed by atoms with Gasteiger partial charge in [0.25, 0.3) is 0 Å². The Morgan fingerprint density at radius 2 is 2.16 bits per heavy atom. The standard InChI is InChI=1S/C14H22N4S/c1-14(2,3)13-17-11(10-19-13)9-15-6-5-12-16-7-8-18(12)4/h7-8,10,15H,5-6,9H2,1-4H3. The van der Waals surface area contributed by atoms with Gasteiger partial charge in [0.05, 0.1) is 10.7 Å². The highest BCUT2D eigenvalue weighted by atomic mass is 32.1. The van der Waals surface area contributed by atoms with Crippen LogP contribution >= 0.6 is 11.3 Å². The van der Waals surface area contributed by atoms with Crippen LogP contribution in [-0.4, -0.2) is 21.1 Å². The van der Waals surface area contributed by atoms with Crippen molar-refractivity contribution in [1.29, 1.82) is 0 Å². The summed E-state index contributed by atoms with van der Waals surface area (Å²) in [5.74, 6) is 1.11. The molecule has 2 rings (SSSR count). The van der Waals surface area contributed by atoms with Crippen molar-refractivity contribution in [2.75, 3.05) is 6.54 Å². The third kappa shape index (κ3) is 3.88. The highest BCUT2D eigenvalue weighted by Crippen LogP contribution is 2.25. The predicted octanol–water partition coefficient (Wildman–Crippen LogP) is 2.51. The molecule has 0 spiro atoms. The Hall–Kier alpha value is -1.20. The third-order valence-corrected chi connectivity index (χ3v) is 4.26. The monoisotopic (exact) mass is 278 g/mol. The molecule has 5 heteroatoms. The maximum Gasteiger partial charge on any atom is 0.109 e. The Bertz CT molecular complexity index is 522. The Morgan fingerprint density at radius 1 is 1.37 bits per heavy atom. The molecule has 0 unspecified atom stereocenters. The molecule has 0 radical (unpaired) electrons. The summed E-state index contributed by atoms with van der Waals surface area (Å²) in [6.45, 7) is 8.35. The molecular weight excluding hydrogens is 256 g/mol. The molecule has 0 aromatic carbocycles. The molecule has 4 nitrogen and oxygen atoms in total. The molecule has 2 aromatic rings. The van der Waals surface area contributed by atoms with Crippen LogP contribution in [0.4, 0.5) is 0 Å². The second-order valence-corrected chi connectivity index (χ2v) is 6.63. The van der Waals surface area contributed by atoms with Gasteiger partial charge in [-0.05, 0) is 0 Å². The normalized spacial score (nSPS) is 12.0. The lowest BCUT2D eigenvalue weighted by molar-refractivity contribution is 0.578. The van der Waals surface area contributed by atoms with Crippen LogP contribution in [0.25, 0.3) is 0 Å². The largest absolute Gasteiger partial charge is 0.338 e. The SMILES string of the molecule is Cn1ccnc1CCNCc1csc(C(C)(C)C)n1. The van der Waals surface area contributed by atoms with Gasteiger partial charge in [0, 0.05) is 49.7 Å². The summed E-state index contributed by atoms with van der Waals surface area (Å²) >= 11 is 1.75. The number of aryl methyl sites for hydroxylation is 1. The highest BCUT2D eigenvalue weighted by molar-refractivity contribution is 7.09. The van der Waals surface area contributed by atoms with Crippen molar-refractivity contribution in [3.05, 3.63) is 34.3 Å². The number of nitrogens with zero attached hydrogens (tertiary/aromatic N) is 3. The van der Waals surface area contributed by atoms with Crippen LogP contribution in [0.2, 0.25) is 0 Å². The molecule has 0 bridgehead atoms. The van der Waals surface area contributed by atoms with Crippen molar-refractivity contribution < 1.29 is 0 Å². The first-order chi connectivity index (χ1) is 8.97. The molecule has 0 aliphatic rings. The summed E-state index contributed by atoms with van der Waals surface area (Å²) in [4.78, 5) is 8.97. The fourth-order valence-electron chi connectivity index (χ4n) is 1.79. The van der Waals surface area contributed by atoms with E-state index in [-0.39, 0.29) is 5.41 Å². The summed E-state index contributed by atoms with van der Waals surface area (Å²) in [5, 5.41) is 6.77. The Balaban J connectivity index is 1.77. The fourth-order valence-corrected chi connectivity index (χ4v) is 2.69. The Kier molecular flexibility index (Phi) is 4.37. The summed E-state index contributed by atoms with van der Waals surface area (Å²) in [5.41, 5.74) is 1.28. The lowest BCUT2D eigenvalue weighted by atomic mass is 9.98. The molecule has 0 saturated carbocycles. The van der Waals surface area contributed by atoms with E-state index < -0.39 is 0 Å². The zero-order valence-corrected chi connectivity index (χ0v) is 12.9. The van der Waals surface area contributed by atoms with E-state index in [0.717, 1.165) is 31.0 Å². The first kappa shape index (κ1) is 14.2. The van der Waals surface area contributed by atoms with Gasteiger partial charge in [-0.3, -0.25) is 0 Å². The molecule has 1 N–H and O–H groups in total. The first-order valence-corrected chi connectivity index (χ1v) is 7.46. The van der Waals surface area contributed by atoms with E-state index in [4.69, 9.17) is 0 Å². The summed E-state index contributed by atoms with van der Waals surface area (Å²) in [6.07, 6.45) is 4.76. The van der Waals surface area contributed by atoms with Crippen LogP contribution < -0.4 is 5.32 Å². The maximum absolute atomic E-state index is 4.67. The van der Waals surface area contributed by atoms with Crippen LogP contribution in [0.3, 0.4) is 0 Å². The quantitative estimate of drug-likeness (QED) is 0.855. The van der Waals surface area contributed by atoms with Gasteiger partial charge in [-0.25, -0.2) is 9.97 Å². The Labute approximate surface area is 118 Å². The van der Waals surface area contributed by atoms with Crippen LogP contribution in [0.1, 0.15) is 37.3 Å². The number of rotatable bonds is 5. The smallest absolute Gasteiger partial charge is 0.109 e. The second kappa shape index (κ2) is 5.84. The molecule has 0 aliphatic heterocycles. The first-order valence-electron chi connectivity index (χ1n) is 6.58. The average molecular weight is 278 g/mol. The van der Waals surface area contributed by atoms with Crippen molar-refractivity contribution >= 4 is 11.3 Å². The number of aromatic nitrogens is 3. The van der Waals surface area contributed by atoms with Gasteiger partial charge in [0.2, 0.25) is 0 Å². The highest BCUT2D eigenvalue weighted by Gasteiger charge is 2.17. The van der Waals surface area contributed by atoms with Gasteiger partial charge in [-0.1, -0.05) is 20.8 Å². The van der Waals surface area contributed by atoms with Gasteiger partial charge >= 0.3 is 0 Å². The molecule has 2 heterocycles. The van der Waals surface area contributed by atoms with Crippen molar-refractivity contribution in [1.82, 2.24) is 19.9 Å². The molecular formula is C14H22N4S. The minimum Gasteiger partial charge on any atom is -0.338 e. The van der Waals surface area contributed by atoms with Crippen LogP contribution in [0.5, 0.6) is 0 Å². The summed E-state index contributed by atoms with van der Waals surface area (Å²) in [6, 6.07) is 0. The second-order valence-electron chi connectivity index (χ2n) is 5.78. The van der Waals surface area contributed by atoms with E-state index in [0.29, 0.717) is 0 Å². The van der Waals surface area contributed by atoms with Crippen LogP contribution in [-0.2, 0) is 25.4 Å². The van der Waals surface area contributed by atoms with E-state index >= 15 is 0 Å². The van der Waals surface area contributed by atoms with E-state index in [2.05, 4.69) is 46.0 Å². The third-order valence-electron chi connectivity index (χ3n) is 2.95. The predicted molar refractivity (Wildman–Crippen MR) is 79.4 cm³/mol. The summed E-state index contributed by atoms with van der Waals surface area (Å²) < 4.78 is 2.06. The van der Waals surface area contributed by atoms with Crippen molar-refractivity contribution in [2.24, 2.45) is 7.05 Å². The number of thiazole rings is 1. The molecule has 104 valence electrons. The zero-order chi connectivity index (χ0) is 13.9. The number of hydrogen-bond donors (Lipinski definition) is 1. The molecule has 0 amide bonds. The minimum atomic E-state index is 0.149. The van der Waals surface area contributed by atoms with Crippen LogP contribution in [0.15, 0.2) is 17.8 Å². The summed E-state index contributed by atoms with van der Waals surface area (Å²) in [7, 11) is 2.03. The van der Waals surface area contributed by atoms with Gasteiger partial charge in [0.15, 0.2) is 0 Å². The van der Waals surface area contributed by atoms with Gasteiger partial charge in [-0.15, -0.1) is 11.3 Å². The Morgan fingerprint density at radius 3 is 2.74 bits per heavy atom. The van der Waals surface area contributed by atoms with E-state index in [1.54, 1.807) is 11.3 Å². The lowest BCUT2D eigenvalue weighted by Gasteiger charge is -2.13. The maximum atomic E-state index is 4.67. The van der Waals surface area contributed by atoms with E-state index in [1.807, 2.05) is 19.4 Å². The number of hydrogen-bond acceptors (Lipinski definition) is 4. The fraction of sp³-hybridized carbons (Fsp3) is 0.571. The minimum absolute atomic E-state index is 0.149. The van der Waals surface area contributed by atoms with Gasteiger partial charge in [0.1, 0.15) is 5.82 Å². The molecule has 2 aromatic heterocycles.